The van der Waals surface area contributed by atoms with E-state index in [4.69, 9.17) is 15.1 Å². The Kier molecular flexibility index (Phi) is 8.89. The zero-order chi connectivity index (χ0) is 33.5. The van der Waals surface area contributed by atoms with Crippen molar-refractivity contribution in [1.29, 1.82) is 10.7 Å². The normalized spacial score (nSPS) is 18.3. The minimum Gasteiger partial charge on any atom is -0.482 e. The molecule has 4 heterocycles. The number of rotatable bonds is 9. The van der Waals surface area contributed by atoms with E-state index in [0.29, 0.717) is 70.8 Å². The highest BCUT2D eigenvalue weighted by Crippen LogP contribution is 2.42. The van der Waals surface area contributed by atoms with Crippen molar-refractivity contribution in [1.82, 2.24) is 14.9 Å². The van der Waals surface area contributed by atoms with Crippen LogP contribution in [0.4, 0.5) is 29.1 Å². The molecule has 0 atom stereocenters. The molecule has 1 saturated heterocycles. The molecule has 6 rings (SSSR count). The third-order valence-corrected chi connectivity index (χ3v) is 9.01. The molecule has 0 unspecified atom stereocenters. The summed E-state index contributed by atoms with van der Waals surface area (Å²) in [5.41, 5.74) is 2.63. The molecule has 246 valence electrons. The van der Waals surface area contributed by atoms with Gasteiger partial charge < -0.3 is 15.5 Å². The first-order valence-corrected chi connectivity index (χ1v) is 15.7. The van der Waals surface area contributed by atoms with Gasteiger partial charge in [0.25, 0.3) is 11.8 Å². The van der Waals surface area contributed by atoms with Crippen LogP contribution >= 0.6 is 0 Å². The van der Waals surface area contributed by atoms with Crippen LogP contribution in [0.25, 0.3) is 11.1 Å². The number of carbonyl (C=O) groups excluding carboxylic acids is 1. The molecule has 0 bridgehead atoms. The first-order valence-electron chi connectivity index (χ1n) is 15.7. The number of fused-ring (bicyclic) bond motifs is 1. The number of aromatic nitrogens is 2. The van der Waals surface area contributed by atoms with Gasteiger partial charge in [0, 0.05) is 61.4 Å². The van der Waals surface area contributed by atoms with Crippen molar-refractivity contribution >= 4 is 23.6 Å². The van der Waals surface area contributed by atoms with Gasteiger partial charge in [0.15, 0.2) is 6.61 Å². The third kappa shape index (κ3) is 6.65. The van der Waals surface area contributed by atoms with E-state index < -0.39 is 23.5 Å². The van der Waals surface area contributed by atoms with Gasteiger partial charge in [-0.05, 0) is 42.9 Å². The predicted octanol–water partition coefficient (Wildman–Crippen LogP) is 6.09. The van der Waals surface area contributed by atoms with Crippen molar-refractivity contribution < 1.29 is 27.1 Å². The number of hydrogen-bond acceptors (Lipinski definition) is 8. The molecule has 47 heavy (non-hydrogen) atoms. The highest BCUT2D eigenvalue weighted by molar-refractivity contribution is 6.00. The van der Waals surface area contributed by atoms with E-state index in [-0.39, 0.29) is 49.7 Å². The maximum absolute atomic E-state index is 14.4. The van der Waals surface area contributed by atoms with Crippen LogP contribution in [-0.4, -0.2) is 64.7 Å². The summed E-state index contributed by atoms with van der Waals surface area (Å²) in [6, 6.07) is 7.94. The first kappa shape index (κ1) is 32.4. The zero-order valence-electron chi connectivity index (χ0n) is 26.1. The van der Waals surface area contributed by atoms with Gasteiger partial charge in [-0.3, -0.25) is 19.6 Å². The SMILES string of the molecule is CC(C)Cc1nc(NC2CCN(C3CC(F)(F)C3)CC2)c(C=N)c(-c2ccc3c(c2)OCC(=O)N3Cc2ncc(F)cc2F)c1C#N. The fourth-order valence-corrected chi connectivity index (χ4v) is 6.59. The lowest BCUT2D eigenvalue weighted by Gasteiger charge is -2.45. The van der Waals surface area contributed by atoms with Crippen molar-refractivity contribution in [3.8, 4) is 22.9 Å². The van der Waals surface area contributed by atoms with E-state index in [1.807, 2.05) is 13.8 Å². The Morgan fingerprint density at radius 1 is 1.19 bits per heavy atom. The number of piperidine rings is 1. The summed E-state index contributed by atoms with van der Waals surface area (Å²) < 4.78 is 60.6. The summed E-state index contributed by atoms with van der Waals surface area (Å²) in [6.07, 6.45) is 3.80. The molecule has 9 nitrogen and oxygen atoms in total. The molecule has 1 aliphatic carbocycles. The topological polar surface area (TPSA) is 118 Å². The Morgan fingerprint density at radius 2 is 1.94 bits per heavy atom. The first-order chi connectivity index (χ1) is 22.5. The number of halogens is 4. The van der Waals surface area contributed by atoms with Crippen LogP contribution in [0.1, 0.15) is 62.0 Å². The number of carbonyl (C=O) groups is 1. The standard InChI is InChI=1S/C34H35F4N7O2/c1-19(2)9-27-24(14-39)32(25(15-40)33(43-27)42-22-5-7-44(8-6-22)23-12-34(37,38)13-23)20-3-4-29-30(10-20)47-18-31(46)45(29)17-28-26(36)11-21(35)16-41-28/h3-4,10-11,15-16,19,22-23,40H,5-9,12-13,17-18H2,1-2H3,(H,42,43). The van der Waals surface area contributed by atoms with E-state index >= 15 is 0 Å². The molecular weight excluding hydrogens is 614 g/mol. The largest absolute Gasteiger partial charge is 0.482 e. The van der Waals surface area contributed by atoms with Crippen LogP contribution in [0, 0.1) is 34.3 Å². The van der Waals surface area contributed by atoms with Crippen molar-refractivity contribution in [2.24, 2.45) is 5.92 Å². The molecule has 2 aliphatic heterocycles. The second-order valence-electron chi connectivity index (χ2n) is 12.8. The van der Waals surface area contributed by atoms with E-state index in [1.54, 1.807) is 18.2 Å². The number of benzene rings is 1. The van der Waals surface area contributed by atoms with Crippen LogP contribution in [0.15, 0.2) is 30.5 Å². The molecular formula is C34H35F4N7O2. The molecule has 0 radical (unpaired) electrons. The van der Waals surface area contributed by atoms with Crippen molar-refractivity contribution in [2.75, 3.05) is 29.9 Å². The van der Waals surface area contributed by atoms with Gasteiger partial charge in [0.1, 0.15) is 29.3 Å². The monoisotopic (exact) mass is 649 g/mol. The Balaban J connectivity index is 1.33. The Labute approximate surface area is 270 Å². The van der Waals surface area contributed by atoms with Gasteiger partial charge in [-0.15, -0.1) is 0 Å². The van der Waals surface area contributed by atoms with Crippen molar-refractivity contribution in [3.05, 3.63) is 64.6 Å². The summed E-state index contributed by atoms with van der Waals surface area (Å²) >= 11 is 0. The minimum absolute atomic E-state index is 0.00220. The van der Waals surface area contributed by atoms with Crippen molar-refractivity contribution in [2.45, 2.75) is 70.5 Å². The van der Waals surface area contributed by atoms with Gasteiger partial charge in [-0.25, -0.2) is 22.5 Å². The molecule has 1 aromatic carbocycles. The lowest BCUT2D eigenvalue weighted by molar-refractivity contribution is -0.127. The van der Waals surface area contributed by atoms with Crippen LogP contribution in [0.2, 0.25) is 0 Å². The van der Waals surface area contributed by atoms with Gasteiger partial charge in [0.2, 0.25) is 0 Å². The maximum Gasteiger partial charge on any atom is 0.265 e. The van der Waals surface area contributed by atoms with Gasteiger partial charge in [-0.1, -0.05) is 19.9 Å². The second-order valence-corrected chi connectivity index (χ2v) is 12.8. The smallest absolute Gasteiger partial charge is 0.265 e. The number of alkyl halides is 2. The van der Waals surface area contributed by atoms with Crippen molar-refractivity contribution in [3.63, 3.8) is 0 Å². The quantitative estimate of drug-likeness (QED) is 0.213. The number of nitrogens with zero attached hydrogens (tertiary/aromatic N) is 5. The molecule has 2 fully saturated rings. The summed E-state index contributed by atoms with van der Waals surface area (Å²) in [5, 5.41) is 22.3. The molecule has 2 N–H and O–H groups in total. The minimum atomic E-state index is -2.57. The summed E-state index contributed by atoms with van der Waals surface area (Å²) in [7, 11) is 0. The fourth-order valence-electron chi connectivity index (χ4n) is 6.59. The number of anilines is 2. The highest BCUT2D eigenvalue weighted by Gasteiger charge is 2.48. The zero-order valence-corrected chi connectivity index (χ0v) is 26.1. The molecule has 0 spiro atoms. The summed E-state index contributed by atoms with van der Waals surface area (Å²) in [6.45, 7) is 4.85. The fraction of sp³-hybridized carbons (Fsp3) is 0.441. The molecule has 3 aromatic rings. The third-order valence-electron chi connectivity index (χ3n) is 9.01. The van der Waals surface area contributed by atoms with E-state index in [9.17, 15) is 27.6 Å². The number of likely N-dealkylation sites (tertiary alicyclic amines) is 1. The molecule has 3 aliphatic rings. The number of nitriles is 1. The maximum atomic E-state index is 14.4. The second kappa shape index (κ2) is 12.9. The average molecular weight is 650 g/mol. The number of ether oxygens (including phenoxy) is 1. The summed E-state index contributed by atoms with van der Waals surface area (Å²) in [5.74, 6) is -3.74. The van der Waals surface area contributed by atoms with Crippen LogP contribution in [0.3, 0.4) is 0 Å². The average Bonchev–Trinajstić information content (AvgIpc) is 3.02. The Bertz CT molecular complexity index is 1740. The van der Waals surface area contributed by atoms with E-state index in [1.165, 1.54) is 4.90 Å². The van der Waals surface area contributed by atoms with E-state index in [2.05, 4.69) is 21.3 Å². The van der Waals surface area contributed by atoms with Crippen LogP contribution < -0.4 is 15.0 Å². The Morgan fingerprint density at radius 3 is 2.57 bits per heavy atom. The Hall–Kier alpha value is -4.57. The van der Waals surface area contributed by atoms with Crippen LogP contribution in [0.5, 0.6) is 5.75 Å². The predicted molar refractivity (Wildman–Crippen MR) is 168 cm³/mol. The lowest BCUT2D eigenvalue weighted by atomic mass is 9.85. The van der Waals surface area contributed by atoms with E-state index in [0.717, 1.165) is 25.3 Å². The molecule has 1 saturated carbocycles. The lowest BCUT2D eigenvalue weighted by Crippen LogP contribution is -2.54. The van der Waals surface area contributed by atoms with Crippen LogP contribution in [-0.2, 0) is 17.8 Å². The number of hydrogen-bond donors (Lipinski definition) is 2. The highest BCUT2D eigenvalue weighted by atomic mass is 19.3. The summed E-state index contributed by atoms with van der Waals surface area (Å²) in [4.78, 5) is 24.9. The molecule has 13 heteroatoms. The number of amides is 1. The number of nitrogens with one attached hydrogen (secondary N) is 2. The van der Waals surface area contributed by atoms with Gasteiger partial charge >= 0.3 is 0 Å². The van der Waals surface area contributed by atoms with Gasteiger partial charge in [0.05, 0.1) is 35.4 Å². The van der Waals surface area contributed by atoms with Gasteiger partial charge in [-0.2, -0.15) is 5.26 Å². The molecule has 1 amide bonds. The molecule has 2 aromatic heterocycles. The number of pyridine rings is 2.